The van der Waals surface area contributed by atoms with Crippen LogP contribution >= 0.6 is 11.6 Å². The Kier molecular flexibility index (Phi) is 4.97. The molecule has 0 atom stereocenters. The van der Waals surface area contributed by atoms with Crippen molar-refractivity contribution in [2.75, 3.05) is 6.54 Å². The van der Waals surface area contributed by atoms with Crippen molar-refractivity contribution in [3.8, 4) is 0 Å². The Morgan fingerprint density at radius 3 is 2.71 bits per heavy atom. The minimum Gasteiger partial charge on any atom is -0.481 e. The van der Waals surface area contributed by atoms with Crippen LogP contribution in [-0.4, -0.2) is 23.5 Å². The molecule has 0 saturated carbocycles. The van der Waals surface area contributed by atoms with Crippen LogP contribution in [0.4, 0.5) is 0 Å². The van der Waals surface area contributed by atoms with Gasteiger partial charge < -0.3 is 10.4 Å². The van der Waals surface area contributed by atoms with E-state index in [9.17, 15) is 9.59 Å². The molecule has 0 saturated heterocycles. The van der Waals surface area contributed by atoms with E-state index in [-0.39, 0.29) is 12.3 Å². The largest absolute Gasteiger partial charge is 0.481 e. The van der Waals surface area contributed by atoms with Gasteiger partial charge in [0.15, 0.2) is 0 Å². The number of benzene rings is 1. The summed E-state index contributed by atoms with van der Waals surface area (Å²) >= 11 is 5.79. The van der Waals surface area contributed by atoms with E-state index in [0.717, 1.165) is 5.56 Å². The lowest BCUT2D eigenvalue weighted by Crippen LogP contribution is -2.25. The number of carbonyl (C=O) groups is 2. The fourth-order valence-electron chi connectivity index (χ4n) is 1.42. The maximum Gasteiger partial charge on any atom is 0.303 e. The zero-order valence-electron chi connectivity index (χ0n) is 9.50. The molecule has 0 heterocycles. The predicted molar refractivity (Wildman–Crippen MR) is 65.4 cm³/mol. The van der Waals surface area contributed by atoms with Crippen molar-refractivity contribution >= 4 is 23.5 Å². The van der Waals surface area contributed by atoms with Crippen LogP contribution in [0.3, 0.4) is 0 Å². The molecule has 2 N–H and O–H groups in total. The second-order valence-electron chi connectivity index (χ2n) is 3.71. The molecule has 0 aliphatic rings. The van der Waals surface area contributed by atoms with Crippen molar-refractivity contribution in [2.24, 2.45) is 0 Å². The molecule has 1 aromatic rings. The number of carbonyl (C=O) groups excluding carboxylic acids is 1. The molecule has 0 aliphatic heterocycles. The van der Waals surface area contributed by atoms with E-state index >= 15 is 0 Å². The number of hydrogen-bond donors (Lipinski definition) is 2. The Morgan fingerprint density at radius 1 is 1.41 bits per heavy atom. The minimum atomic E-state index is -0.859. The lowest BCUT2D eigenvalue weighted by atomic mass is 10.1. The van der Waals surface area contributed by atoms with Gasteiger partial charge in [-0.3, -0.25) is 9.59 Å². The van der Waals surface area contributed by atoms with Gasteiger partial charge in [0.05, 0.1) is 0 Å². The first-order valence-electron chi connectivity index (χ1n) is 5.27. The quantitative estimate of drug-likeness (QED) is 0.793. The average molecular weight is 256 g/mol. The molecule has 17 heavy (non-hydrogen) atoms. The Hall–Kier alpha value is -1.55. The molecule has 0 aromatic heterocycles. The van der Waals surface area contributed by atoms with Crippen LogP contribution in [0, 0.1) is 6.92 Å². The molecule has 0 bridgehead atoms. The Bertz CT molecular complexity index is 432. The molecule has 1 rings (SSSR count). The van der Waals surface area contributed by atoms with Gasteiger partial charge in [-0.25, -0.2) is 0 Å². The van der Waals surface area contributed by atoms with Gasteiger partial charge in [-0.15, -0.1) is 0 Å². The Morgan fingerprint density at radius 2 is 2.12 bits per heavy atom. The second kappa shape index (κ2) is 6.25. The van der Waals surface area contributed by atoms with Gasteiger partial charge in [0, 0.05) is 23.6 Å². The number of amides is 1. The number of halogens is 1. The smallest absolute Gasteiger partial charge is 0.303 e. The third-order valence-electron chi connectivity index (χ3n) is 2.29. The number of rotatable bonds is 5. The molecule has 1 aromatic carbocycles. The van der Waals surface area contributed by atoms with Gasteiger partial charge >= 0.3 is 5.97 Å². The van der Waals surface area contributed by atoms with Gasteiger partial charge in [0.1, 0.15) is 0 Å². The van der Waals surface area contributed by atoms with Crippen molar-refractivity contribution in [2.45, 2.75) is 19.8 Å². The Labute approximate surface area is 105 Å². The lowest BCUT2D eigenvalue weighted by molar-refractivity contribution is -0.137. The predicted octanol–water partition coefficient (Wildman–Crippen LogP) is 2.24. The van der Waals surface area contributed by atoms with Crippen molar-refractivity contribution in [3.05, 3.63) is 34.3 Å². The third-order valence-corrected chi connectivity index (χ3v) is 2.52. The zero-order chi connectivity index (χ0) is 12.8. The number of aryl methyl sites for hydroxylation is 1. The van der Waals surface area contributed by atoms with Crippen molar-refractivity contribution in [3.63, 3.8) is 0 Å². The maximum absolute atomic E-state index is 11.7. The number of aliphatic carboxylic acids is 1. The summed E-state index contributed by atoms with van der Waals surface area (Å²) < 4.78 is 0. The van der Waals surface area contributed by atoms with Crippen LogP contribution in [-0.2, 0) is 4.79 Å². The molecule has 4 nitrogen and oxygen atoms in total. The summed E-state index contributed by atoms with van der Waals surface area (Å²) in [6.45, 7) is 2.16. The van der Waals surface area contributed by atoms with Crippen LogP contribution in [0.15, 0.2) is 18.2 Å². The number of carboxylic acids is 1. The molecule has 0 unspecified atom stereocenters. The fourth-order valence-corrected chi connectivity index (χ4v) is 1.65. The fraction of sp³-hybridized carbons (Fsp3) is 0.333. The maximum atomic E-state index is 11.7. The van der Waals surface area contributed by atoms with Crippen LogP contribution in [0.1, 0.15) is 28.8 Å². The van der Waals surface area contributed by atoms with E-state index in [1.807, 2.05) is 0 Å². The molecule has 1 amide bonds. The normalized spacial score (nSPS) is 10.0. The summed E-state index contributed by atoms with van der Waals surface area (Å²) in [5.41, 5.74) is 1.36. The van der Waals surface area contributed by atoms with Crippen LogP contribution in [0.2, 0.25) is 5.02 Å². The number of carboxylic acid groups (broad SMARTS) is 1. The van der Waals surface area contributed by atoms with Crippen molar-refractivity contribution < 1.29 is 14.7 Å². The van der Waals surface area contributed by atoms with E-state index in [1.54, 1.807) is 25.1 Å². The summed E-state index contributed by atoms with van der Waals surface area (Å²) in [6.07, 6.45) is 0.480. The summed E-state index contributed by atoms with van der Waals surface area (Å²) in [4.78, 5) is 22.0. The van der Waals surface area contributed by atoms with Crippen molar-refractivity contribution in [1.82, 2.24) is 5.32 Å². The molecule has 0 aliphatic carbocycles. The molecule has 0 spiro atoms. The first-order chi connectivity index (χ1) is 8.00. The molecule has 92 valence electrons. The highest BCUT2D eigenvalue weighted by Gasteiger charge is 2.08. The van der Waals surface area contributed by atoms with Gasteiger partial charge in [-0.2, -0.15) is 0 Å². The van der Waals surface area contributed by atoms with Crippen molar-refractivity contribution in [1.29, 1.82) is 0 Å². The zero-order valence-corrected chi connectivity index (χ0v) is 10.3. The van der Waals surface area contributed by atoms with Crippen LogP contribution in [0.25, 0.3) is 0 Å². The van der Waals surface area contributed by atoms with E-state index in [1.165, 1.54) is 0 Å². The lowest BCUT2D eigenvalue weighted by Gasteiger charge is -2.07. The van der Waals surface area contributed by atoms with E-state index in [0.29, 0.717) is 23.6 Å². The summed E-state index contributed by atoms with van der Waals surface area (Å²) in [6, 6.07) is 5.03. The number of hydrogen-bond acceptors (Lipinski definition) is 2. The summed E-state index contributed by atoms with van der Waals surface area (Å²) in [5.74, 6) is -1.06. The van der Waals surface area contributed by atoms with Crippen LogP contribution in [0.5, 0.6) is 0 Å². The third kappa shape index (κ3) is 4.44. The Balaban J connectivity index is 2.50. The minimum absolute atomic E-state index is 0.0554. The second-order valence-corrected chi connectivity index (χ2v) is 4.15. The molecular weight excluding hydrogens is 242 g/mol. The van der Waals surface area contributed by atoms with E-state index in [4.69, 9.17) is 16.7 Å². The SMILES string of the molecule is Cc1cc(Cl)ccc1C(=O)NCCCC(=O)O. The molecule has 0 fully saturated rings. The van der Waals surface area contributed by atoms with E-state index in [2.05, 4.69) is 5.32 Å². The highest BCUT2D eigenvalue weighted by atomic mass is 35.5. The first kappa shape index (κ1) is 13.5. The van der Waals surface area contributed by atoms with Gasteiger partial charge in [-0.05, 0) is 37.1 Å². The standard InChI is InChI=1S/C12H14ClNO3/c1-8-7-9(13)4-5-10(8)12(17)14-6-2-3-11(15)16/h4-5,7H,2-3,6H2,1H3,(H,14,17)(H,15,16). The highest BCUT2D eigenvalue weighted by Crippen LogP contribution is 2.14. The average Bonchev–Trinajstić information content (AvgIpc) is 2.23. The highest BCUT2D eigenvalue weighted by molar-refractivity contribution is 6.30. The van der Waals surface area contributed by atoms with E-state index < -0.39 is 5.97 Å². The monoisotopic (exact) mass is 255 g/mol. The van der Waals surface area contributed by atoms with Gasteiger partial charge in [0.25, 0.3) is 5.91 Å². The number of nitrogens with one attached hydrogen (secondary N) is 1. The summed E-state index contributed by atoms with van der Waals surface area (Å²) in [7, 11) is 0. The molecular formula is C12H14ClNO3. The summed E-state index contributed by atoms with van der Waals surface area (Å²) in [5, 5.41) is 11.7. The molecule has 0 radical (unpaired) electrons. The van der Waals surface area contributed by atoms with Crippen LogP contribution < -0.4 is 5.32 Å². The topological polar surface area (TPSA) is 66.4 Å². The van der Waals surface area contributed by atoms with Gasteiger partial charge in [0.2, 0.25) is 0 Å². The first-order valence-corrected chi connectivity index (χ1v) is 5.64. The molecule has 5 heteroatoms. The van der Waals surface area contributed by atoms with Gasteiger partial charge in [-0.1, -0.05) is 11.6 Å².